The predicted molar refractivity (Wildman–Crippen MR) is 123 cm³/mol. The number of aryl methyl sites for hydroxylation is 1. The molecular weight excluding hydrogens is 412 g/mol. The molecule has 31 heavy (non-hydrogen) atoms. The first-order valence-corrected chi connectivity index (χ1v) is 11.0. The second-order valence-electron chi connectivity index (χ2n) is 7.26. The van der Waals surface area contributed by atoms with Crippen LogP contribution in [0.3, 0.4) is 0 Å². The number of hydrogen-bond acceptors (Lipinski definition) is 5. The molecule has 2 aromatic carbocycles. The lowest BCUT2D eigenvalue weighted by molar-refractivity contribution is 0.102. The van der Waals surface area contributed by atoms with Gasteiger partial charge in [0.15, 0.2) is 0 Å². The predicted octanol–water partition coefficient (Wildman–Crippen LogP) is 5.15. The van der Waals surface area contributed by atoms with Crippen molar-refractivity contribution < 1.29 is 19.1 Å². The van der Waals surface area contributed by atoms with Crippen molar-refractivity contribution in [2.75, 3.05) is 24.9 Å². The van der Waals surface area contributed by atoms with Gasteiger partial charge in [0.1, 0.15) is 16.5 Å². The number of hydrogen-bond donors (Lipinski definition) is 2. The van der Waals surface area contributed by atoms with E-state index in [-0.39, 0.29) is 11.8 Å². The van der Waals surface area contributed by atoms with Gasteiger partial charge in [-0.25, -0.2) is 0 Å². The zero-order chi connectivity index (χ0) is 21.8. The van der Waals surface area contributed by atoms with Gasteiger partial charge < -0.3 is 20.1 Å². The molecule has 0 saturated heterocycles. The van der Waals surface area contributed by atoms with E-state index in [1.807, 2.05) is 18.2 Å². The van der Waals surface area contributed by atoms with Crippen LogP contribution in [0.4, 0.5) is 10.7 Å². The van der Waals surface area contributed by atoms with Crippen LogP contribution in [0.2, 0.25) is 0 Å². The number of carbonyl (C=O) groups excluding carboxylic acids is 2. The van der Waals surface area contributed by atoms with Gasteiger partial charge in [-0.3, -0.25) is 9.59 Å². The summed E-state index contributed by atoms with van der Waals surface area (Å²) in [5, 5.41) is 6.51. The van der Waals surface area contributed by atoms with Crippen LogP contribution in [0.1, 0.15) is 44.0 Å². The first-order valence-electron chi connectivity index (χ1n) is 10.1. The first-order chi connectivity index (χ1) is 15.1. The molecule has 0 saturated carbocycles. The third-order valence-corrected chi connectivity index (χ3v) is 6.53. The van der Waals surface area contributed by atoms with E-state index in [0.717, 1.165) is 31.2 Å². The number of amides is 2. The van der Waals surface area contributed by atoms with Crippen molar-refractivity contribution in [1.82, 2.24) is 0 Å². The maximum Gasteiger partial charge on any atom is 0.259 e. The second kappa shape index (κ2) is 9.22. The fourth-order valence-corrected chi connectivity index (χ4v) is 5.03. The molecule has 160 valence electrons. The van der Waals surface area contributed by atoms with Crippen LogP contribution >= 0.6 is 11.3 Å². The van der Waals surface area contributed by atoms with Gasteiger partial charge in [-0.15, -0.1) is 11.3 Å². The number of carbonyl (C=O) groups is 2. The Balaban J connectivity index is 1.66. The molecule has 1 aliphatic rings. The number of rotatable bonds is 6. The summed E-state index contributed by atoms with van der Waals surface area (Å²) in [6.07, 6.45) is 3.87. The molecule has 6 nitrogen and oxygen atoms in total. The standard InChI is InChI=1S/C24H24N2O4S/c1-29-16-12-13-18(19(14-16)30-2)25-23(28)21-17-10-6-7-11-20(17)31-24(21)26-22(27)15-8-4-3-5-9-15/h3-5,8-9,12-14H,6-7,10-11H2,1-2H3,(H,25,28)(H,26,27). The van der Waals surface area contributed by atoms with Gasteiger partial charge in [-0.05, 0) is 55.5 Å². The summed E-state index contributed by atoms with van der Waals surface area (Å²) >= 11 is 1.50. The van der Waals surface area contributed by atoms with Crippen molar-refractivity contribution in [2.45, 2.75) is 25.7 Å². The van der Waals surface area contributed by atoms with E-state index in [4.69, 9.17) is 9.47 Å². The first kappa shape index (κ1) is 20.9. The van der Waals surface area contributed by atoms with Gasteiger partial charge >= 0.3 is 0 Å². The molecule has 1 aliphatic carbocycles. The number of ether oxygens (including phenoxy) is 2. The molecule has 7 heteroatoms. The molecule has 2 N–H and O–H groups in total. The molecular formula is C24H24N2O4S. The second-order valence-corrected chi connectivity index (χ2v) is 8.36. The number of benzene rings is 2. The topological polar surface area (TPSA) is 76.7 Å². The molecule has 1 heterocycles. The van der Waals surface area contributed by atoms with Gasteiger partial charge in [0.05, 0.1) is 25.5 Å². The number of methoxy groups -OCH3 is 2. The fourth-order valence-electron chi connectivity index (χ4n) is 3.75. The van der Waals surface area contributed by atoms with Crippen molar-refractivity contribution in [3.05, 3.63) is 70.1 Å². The minimum atomic E-state index is -0.258. The van der Waals surface area contributed by atoms with Crippen molar-refractivity contribution in [3.8, 4) is 11.5 Å². The molecule has 0 unspecified atom stereocenters. The van der Waals surface area contributed by atoms with Crippen molar-refractivity contribution >= 4 is 33.8 Å². The summed E-state index contributed by atoms with van der Waals surface area (Å²) in [7, 11) is 3.12. The normalized spacial score (nSPS) is 12.6. The summed E-state index contributed by atoms with van der Waals surface area (Å²) < 4.78 is 10.6. The average molecular weight is 437 g/mol. The highest BCUT2D eigenvalue weighted by molar-refractivity contribution is 7.17. The van der Waals surface area contributed by atoms with E-state index >= 15 is 0 Å². The Morgan fingerprint density at radius 1 is 0.903 bits per heavy atom. The Kier molecular flexibility index (Phi) is 6.23. The Bertz CT molecular complexity index is 1110. The third-order valence-electron chi connectivity index (χ3n) is 5.32. The Hall–Kier alpha value is -3.32. The van der Waals surface area contributed by atoms with E-state index in [2.05, 4.69) is 10.6 Å². The highest BCUT2D eigenvalue weighted by Crippen LogP contribution is 2.39. The molecule has 3 aromatic rings. The summed E-state index contributed by atoms with van der Waals surface area (Å²) in [5.41, 5.74) is 2.67. The summed E-state index contributed by atoms with van der Waals surface area (Å²) in [6.45, 7) is 0. The number of fused-ring (bicyclic) bond motifs is 1. The maximum absolute atomic E-state index is 13.4. The van der Waals surface area contributed by atoms with Gasteiger partial charge in [0.2, 0.25) is 0 Å². The maximum atomic E-state index is 13.4. The van der Waals surface area contributed by atoms with Gasteiger partial charge in [-0.2, -0.15) is 0 Å². The molecule has 2 amide bonds. The number of anilines is 2. The summed E-state index contributed by atoms with van der Waals surface area (Å²) in [6, 6.07) is 14.2. The molecule has 0 bridgehead atoms. The van der Waals surface area contributed by atoms with Crippen LogP contribution in [0.15, 0.2) is 48.5 Å². The largest absolute Gasteiger partial charge is 0.497 e. The van der Waals surface area contributed by atoms with Crippen molar-refractivity contribution in [2.24, 2.45) is 0 Å². The smallest absolute Gasteiger partial charge is 0.259 e. The minimum absolute atomic E-state index is 0.227. The summed E-state index contributed by atoms with van der Waals surface area (Å²) in [4.78, 5) is 27.3. The number of nitrogens with one attached hydrogen (secondary N) is 2. The van der Waals surface area contributed by atoms with Crippen LogP contribution in [0, 0.1) is 0 Å². The molecule has 0 radical (unpaired) electrons. The van der Waals surface area contributed by atoms with E-state index in [9.17, 15) is 9.59 Å². The van der Waals surface area contributed by atoms with E-state index in [0.29, 0.717) is 33.3 Å². The fraction of sp³-hybridized carbons (Fsp3) is 0.250. The lowest BCUT2D eigenvalue weighted by Gasteiger charge is -2.15. The average Bonchev–Trinajstić information content (AvgIpc) is 3.17. The molecule has 0 atom stereocenters. The zero-order valence-electron chi connectivity index (χ0n) is 17.5. The molecule has 1 aromatic heterocycles. The lowest BCUT2D eigenvalue weighted by atomic mass is 9.95. The Labute approximate surface area is 185 Å². The zero-order valence-corrected chi connectivity index (χ0v) is 18.3. The minimum Gasteiger partial charge on any atom is -0.497 e. The number of thiophene rings is 1. The SMILES string of the molecule is COc1ccc(NC(=O)c2c(NC(=O)c3ccccc3)sc3c2CCCC3)c(OC)c1. The molecule has 0 fully saturated rings. The van der Waals surface area contributed by atoms with Crippen molar-refractivity contribution in [3.63, 3.8) is 0 Å². The van der Waals surface area contributed by atoms with Gasteiger partial charge in [0, 0.05) is 16.5 Å². The van der Waals surface area contributed by atoms with Crippen LogP contribution in [0.5, 0.6) is 11.5 Å². The quantitative estimate of drug-likeness (QED) is 0.560. The van der Waals surface area contributed by atoms with Gasteiger partial charge in [-0.1, -0.05) is 18.2 Å². The Morgan fingerprint density at radius 3 is 2.42 bits per heavy atom. The van der Waals surface area contributed by atoms with Crippen LogP contribution < -0.4 is 20.1 Å². The van der Waals surface area contributed by atoms with Crippen molar-refractivity contribution in [1.29, 1.82) is 0 Å². The lowest BCUT2D eigenvalue weighted by Crippen LogP contribution is -2.19. The van der Waals surface area contributed by atoms with Crippen LogP contribution in [-0.2, 0) is 12.8 Å². The third kappa shape index (κ3) is 4.41. The summed E-state index contributed by atoms with van der Waals surface area (Å²) in [5.74, 6) is 0.659. The van der Waals surface area contributed by atoms with Crippen LogP contribution in [-0.4, -0.2) is 26.0 Å². The van der Waals surface area contributed by atoms with Gasteiger partial charge in [0.25, 0.3) is 11.8 Å². The van der Waals surface area contributed by atoms with E-state index in [1.54, 1.807) is 44.6 Å². The molecule has 4 rings (SSSR count). The molecule has 0 spiro atoms. The highest BCUT2D eigenvalue weighted by Gasteiger charge is 2.27. The monoisotopic (exact) mass is 436 g/mol. The van der Waals surface area contributed by atoms with E-state index in [1.165, 1.54) is 16.2 Å². The Morgan fingerprint density at radius 2 is 1.68 bits per heavy atom. The van der Waals surface area contributed by atoms with Crippen LogP contribution in [0.25, 0.3) is 0 Å². The highest BCUT2D eigenvalue weighted by atomic mass is 32.1. The van der Waals surface area contributed by atoms with E-state index < -0.39 is 0 Å². The molecule has 0 aliphatic heterocycles.